The number of aryl methyl sites for hydroxylation is 1. The molecular weight excluding hydrogens is 250 g/mol. The number of hydrogen-bond donors (Lipinski definition) is 2. The van der Waals surface area contributed by atoms with Crippen molar-refractivity contribution in [2.75, 3.05) is 5.32 Å². The maximum absolute atomic E-state index is 11.0. The predicted molar refractivity (Wildman–Crippen MR) is 66.5 cm³/mol. The second-order valence-corrected chi connectivity index (χ2v) is 4.01. The molecule has 2 heterocycles. The quantitative estimate of drug-likeness (QED) is 0.819. The third kappa shape index (κ3) is 3.03. The molecule has 2 N–H and O–H groups in total. The zero-order valence-corrected chi connectivity index (χ0v) is 10.3. The number of carboxylic acids is 1. The number of nitrogens with one attached hydrogen (secondary N) is 1. The molecular formula is C11H13N5O3. The Morgan fingerprint density at radius 3 is 2.84 bits per heavy atom. The summed E-state index contributed by atoms with van der Waals surface area (Å²) in [6, 6.07) is 0. The highest BCUT2D eigenvalue weighted by molar-refractivity contribution is 5.95. The SMILES string of the molecule is CC(=O)Nc1ncnc2c1ncn2CCCC(=O)O. The van der Waals surface area contributed by atoms with Gasteiger partial charge in [-0.15, -0.1) is 0 Å². The standard InChI is InChI=1S/C11H13N5O3/c1-7(17)15-10-9-11(13-5-12-10)16(6-14-9)4-2-3-8(18)19/h5-6H,2-4H2,1H3,(H,18,19)(H,12,13,15,17). The zero-order chi connectivity index (χ0) is 13.8. The lowest BCUT2D eigenvalue weighted by molar-refractivity contribution is -0.137. The predicted octanol–water partition coefficient (Wildman–Crippen LogP) is 0.649. The first-order valence-electron chi connectivity index (χ1n) is 5.73. The smallest absolute Gasteiger partial charge is 0.303 e. The van der Waals surface area contributed by atoms with Gasteiger partial charge in [0.25, 0.3) is 0 Å². The lowest BCUT2D eigenvalue weighted by Crippen LogP contribution is -2.08. The molecule has 0 fully saturated rings. The summed E-state index contributed by atoms with van der Waals surface area (Å²) < 4.78 is 1.74. The summed E-state index contributed by atoms with van der Waals surface area (Å²) in [5.41, 5.74) is 1.07. The van der Waals surface area contributed by atoms with Crippen LogP contribution in [0.2, 0.25) is 0 Å². The molecule has 0 saturated heterocycles. The molecule has 0 saturated carbocycles. The number of fused-ring (bicyclic) bond motifs is 1. The molecule has 8 heteroatoms. The Kier molecular flexibility index (Phi) is 3.69. The first kappa shape index (κ1) is 12.9. The summed E-state index contributed by atoms with van der Waals surface area (Å²) in [5.74, 6) is -0.715. The Bertz CT molecular complexity index is 622. The Hall–Kier alpha value is -2.51. The normalized spacial score (nSPS) is 10.6. The van der Waals surface area contributed by atoms with Crippen LogP contribution >= 0.6 is 0 Å². The molecule has 2 aromatic rings. The lowest BCUT2D eigenvalue weighted by atomic mass is 10.3. The Morgan fingerprint density at radius 2 is 2.16 bits per heavy atom. The van der Waals surface area contributed by atoms with Gasteiger partial charge in [-0.1, -0.05) is 0 Å². The number of anilines is 1. The highest BCUT2D eigenvalue weighted by Crippen LogP contribution is 2.17. The number of rotatable bonds is 5. The van der Waals surface area contributed by atoms with Crippen LogP contribution in [-0.4, -0.2) is 36.5 Å². The highest BCUT2D eigenvalue weighted by Gasteiger charge is 2.11. The summed E-state index contributed by atoms with van der Waals surface area (Å²) in [5, 5.41) is 11.2. The third-order valence-corrected chi connectivity index (χ3v) is 2.49. The molecule has 0 spiro atoms. The molecule has 0 unspecified atom stereocenters. The van der Waals surface area contributed by atoms with E-state index in [-0.39, 0.29) is 12.3 Å². The molecule has 8 nitrogen and oxygen atoms in total. The van der Waals surface area contributed by atoms with Crippen LogP contribution in [0.15, 0.2) is 12.7 Å². The van der Waals surface area contributed by atoms with Crippen molar-refractivity contribution in [1.82, 2.24) is 19.5 Å². The monoisotopic (exact) mass is 263 g/mol. The van der Waals surface area contributed by atoms with Crippen LogP contribution in [-0.2, 0) is 16.1 Å². The Morgan fingerprint density at radius 1 is 1.37 bits per heavy atom. The maximum Gasteiger partial charge on any atom is 0.303 e. The molecule has 0 bridgehead atoms. The van der Waals surface area contributed by atoms with Crippen molar-refractivity contribution in [1.29, 1.82) is 0 Å². The minimum absolute atomic E-state index is 0.0866. The van der Waals surface area contributed by atoms with Gasteiger partial charge in [-0.05, 0) is 6.42 Å². The van der Waals surface area contributed by atoms with E-state index in [4.69, 9.17) is 5.11 Å². The summed E-state index contributed by atoms with van der Waals surface area (Å²) in [6.45, 7) is 1.89. The van der Waals surface area contributed by atoms with E-state index in [1.54, 1.807) is 10.9 Å². The van der Waals surface area contributed by atoms with Crippen LogP contribution in [0.4, 0.5) is 5.82 Å². The fraction of sp³-hybridized carbons (Fsp3) is 0.364. The van der Waals surface area contributed by atoms with Gasteiger partial charge in [-0.2, -0.15) is 0 Å². The number of carbonyl (C=O) groups is 2. The fourth-order valence-corrected chi connectivity index (χ4v) is 1.70. The van der Waals surface area contributed by atoms with E-state index in [0.717, 1.165) is 0 Å². The van der Waals surface area contributed by atoms with E-state index in [1.807, 2.05) is 0 Å². The van der Waals surface area contributed by atoms with Crippen molar-refractivity contribution in [2.45, 2.75) is 26.3 Å². The van der Waals surface area contributed by atoms with Crippen molar-refractivity contribution >= 4 is 28.9 Å². The van der Waals surface area contributed by atoms with Gasteiger partial charge in [0, 0.05) is 19.9 Å². The van der Waals surface area contributed by atoms with Crippen molar-refractivity contribution in [3.05, 3.63) is 12.7 Å². The molecule has 0 aliphatic heterocycles. The van der Waals surface area contributed by atoms with Gasteiger partial charge in [0.05, 0.1) is 6.33 Å². The number of amides is 1. The van der Waals surface area contributed by atoms with Crippen LogP contribution < -0.4 is 5.32 Å². The summed E-state index contributed by atoms with van der Waals surface area (Å²) in [4.78, 5) is 33.7. The molecule has 2 aromatic heterocycles. The second-order valence-electron chi connectivity index (χ2n) is 4.01. The van der Waals surface area contributed by atoms with E-state index < -0.39 is 5.97 Å². The average molecular weight is 263 g/mol. The van der Waals surface area contributed by atoms with Gasteiger partial charge < -0.3 is 15.0 Å². The minimum Gasteiger partial charge on any atom is -0.481 e. The number of aliphatic carboxylic acids is 1. The van der Waals surface area contributed by atoms with E-state index in [0.29, 0.717) is 29.9 Å². The number of nitrogens with zero attached hydrogens (tertiary/aromatic N) is 4. The van der Waals surface area contributed by atoms with Crippen LogP contribution in [0.5, 0.6) is 0 Å². The number of carboxylic acid groups (broad SMARTS) is 1. The molecule has 0 aromatic carbocycles. The maximum atomic E-state index is 11.0. The van der Waals surface area contributed by atoms with Crippen molar-refractivity contribution in [3.63, 3.8) is 0 Å². The molecule has 100 valence electrons. The molecule has 19 heavy (non-hydrogen) atoms. The second kappa shape index (κ2) is 5.42. The molecule has 1 amide bonds. The van der Waals surface area contributed by atoms with Gasteiger partial charge in [0.15, 0.2) is 17.0 Å². The third-order valence-electron chi connectivity index (χ3n) is 2.49. The molecule has 2 rings (SSSR count). The number of carbonyl (C=O) groups excluding carboxylic acids is 1. The molecule has 0 aliphatic rings. The number of aromatic nitrogens is 4. The van der Waals surface area contributed by atoms with E-state index in [2.05, 4.69) is 20.3 Å². The number of imidazole rings is 1. The zero-order valence-electron chi connectivity index (χ0n) is 10.3. The lowest BCUT2D eigenvalue weighted by Gasteiger charge is -2.03. The van der Waals surface area contributed by atoms with Gasteiger partial charge >= 0.3 is 5.97 Å². The van der Waals surface area contributed by atoms with E-state index in [9.17, 15) is 9.59 Å². The fourth-order valence-electron chi connectivity index (χ4n) is 1.70. The summed E-state index contributed by atoms with van der Waals surface area (Å²) >= 11 is 0. The van der Waals surface area contributed by atoms with Gasteiger partial charge in [0.2, 0.25) is 5.91 Å². The largest absolute Gasteiger partial charge is 0.481 e. The van der Waals surface area contributed by atoms with Crippen molar-refractivity contribution in [3.8, 4) is 0 Å². The molecule has 0 radical (unpaired) electrons. The first-order chi connectivity index (χ1) is 9.08. The minimum atomic E-state index is -0.835. The topological polar surface area (TPSA) is 110 Å². The van der Waals surface area contributed by atoms with Gasteiger partial charge in [0.1, 0.15) is 6.33 Å². The van der Waals surface area contributed by atoms with Crippen LogP contribution in [0, 0.1) is 0 Å². The van der Waals surface area contributed by atoms with E-state index in [1.165, 1.54) is 13.3 Å². The highest BCUT2D eigenvalue weighted by atomic mass is 16.4. The summed E-state index contributed by atoms with van der Waals surface area (Å²) in [7, 11) is 0. The van der Waals surface area contributed by atoms with Gasteiger partial charge in [-0.25, -0.2) is 15.0 Å². The molecule has 0 atom stereocenters. The van der Waals surface area contributed by atoms with E-state index >= 15 is 0 Å². The van der Waals surface area contributed by atoms with Crippen molar-refractivity contribution < 1.29 is 14.7 Å². The molecule has 0 aliphatic carbocycles. The first-order valence-corrected chi connectivity index (χ1v) is 5.73. The van der Waals surface area contributed by atoms with Crippen LogP contribution in [0.1, 0.15) is 19.8 Å². The van der Waals surface area contributed by atoms with Crippen LogP contribution in [0.3, 0.4) is 0 Å². The average Bonchev–Trinajstić information content (AvgIpc) is 2.73. The Balaban J connectivity index is 2.23. The van der Waals surface area contributed by atoms with Crippen LogP contribution in [0.25, 0.3) is 11.2 Å². The summed E-state index contributed by atoms with van der Waals surface area (Å²) in [6.07, 6.45) is 3.47. The van der Waals surface area contributed by atoms with Gasteiger partial charge in [-0.3, -0.25) is 9.59 Å². The number of hydrogen-bond acceptors (Lipinski definition) is 5. The Labute approximate surface area is 108 Å². The van der Waals surface area contributed by atoms with Crippen molar-refractivity contribution in [2.24, 2.45) is 0 Å².